The summed E-state index contributed by atoms with van der Waals surface area (Å²) in [5, 5.41) is 2.87. The van der Waals surface area contributed by atoms with Crippen LogP contribution in [0.1, 0.15) is 51.9 Å². The highest BCUT2D eigenvalue weighted by Gasteiger charge is 2.23. The maximum absolute atomic E-state index is 12.3. The molecule has 1 aromatic rings. The van der Waals surface area contributed by atoms with E-state index >= 15 is 0 Å². The average molecular weight is 294 g/mol. The fraction of sp³-hybridized carbons (Fsp3) is 0.600. The number of esters is 1. The second-order valence-electron chi connectivity index (χ2n) is 5.19. The number of aromatic nitrogens is 1. The van der Waals surface area contributed by atoms with E-state index in [-0.39, 0.29) is 12.0 Å². The lowest BCUT2D eigenvalue weighted by atomic mass is 10.1. The zero-order valence-electron chi connectivity index (χ0n) is 12.7. The number of hydrogen-bond acceptors (Lipinski definition) is 4. The number of carbonyl (C=O) groups excluding carboxylic acids is 2. The predicted molar refractivity (Wildman–Crippen MR) is 77.5 cm³/mol. The van der Waals surface area contributed by atoms with Gasteiger partial charge in [0.2, 0.25) is 0 Å². The second kappa shape index (κ2) is 6.76. The van der Waals surface area contributed by atoms with Gasteiger partial charge in [-0.05, 0) is 39.2 Å². The van der Waals surface area contributed by atoms with E-state index in [1.54, 1.807) is 20.8 Å². The Hall–Kier alpha value is -1.82. The molecule has 1 atom stereocenters. The summed E-state index contributed by atoms with van der Waals surface area (Å²) in [4.78, 5) is 27.1. The highest BCUT2D eigenvalue weighted by atomic mass is 16.5. The Kier molecular flexibility index (Phi) is 5.01. The number of carbonyl (C=O) groups is 2. The number of ether oxygens (including phenoxy) is 2. The summed E-state index contributed by atoms with van der Waals surface area (Å²) in [7, 11) is 0. The standard InChI is InChI=1S/C15H22N2O4/c1-4-20-15(19)13-9(2)12(10(3)17-13)14(18)16-8-11-6-5-7-21-11/h11,17H,4-8H2,1-3H3,(H,16,18)/t11-/m0/s1. The summed E-state index contributed by atoms with van der Waals surface area (Å²) in [6, 6.07) is 0. The van der Waals surface area contributed by atoms with Crippen molar-refractivity contribution in [3.05, 3.63) is 22.5 Å². The molecule has 0 aliphatic carbocycles. The third-order valence-electron chi connectivity index (χ3n) is 3.66. The lowest BCUT2D eigenvalue weighted by molar-refractivity contribution is 0.0519. The molecule has 116 valence electrons. The van der Waals surface area contributed by atoms with Crippen LogP contribution in [-0.2, 0) is 9.47 Å². The Morgan fingerprint density at radius 1 is 1.43 bits per heavy atom. The predicted octanol–water partition coefficient (Wildman–Crippen LogP) is 1.72. The Morgan fingerprint density at radius 2 is 2.19 bits per heavy atom. The first-order chi connectivity index (χ1) is 10.0. The van der Waals surface area contributed by atoms with Crippen molar-refractivity contribution in [3.63, 3.8) is 0 Å². The van der Waals surface area contributed by atoms with Gasteiger partial charge in [0, 0.05) is 18.8 Å². The Bertz CT molecular complexity index is 530. The van der Waals surface area contributed by atoms with Crippen molar-refractivity contribution in [1.29, 1.82) is 0 Å². The summed E-state index contributed by atoms with van der Waals surface area (Å²) in [5.41, 5.74) is 2.14. The van der Waals surface area contributed by atoms with E-state index in [1.807, 2.05) is 0 Å². The quantitative estimate of drug-likeness (QED) is 0.810. The van der Waals surface area contributed by atoms with Gasteiger partial charge < -0.3 is 19.8 Å². The minimum Gasteiger partial charge on any atom is -0.461 e. The van der Waals surface area contributed by atoms with Crippen molar-refractivity contribution in [2.45, 2.75) is 39.7 Å². The molecule has 0 radical (unpaired) electrons. The van der Waals surface area contributed by atoms with E-state index in [1.165, 1.54) is 0 Å². The highest BCUT2D eigenvalue weighted by Crippen LogP contribution is 2.19. The van der Waals surface area contributed by atoms with Crippen molar-refractivity contribution in [1.82, 2.24) is 10.3 Å². The van der Waals surface area contributed by atoms with Crippen molar-refractivity contribution in [2.24, 2.45) is 0 Å². The van der Waals surface area contributed by atoms with E-state index in [4.69, 9.17) is 9.47 Å². The topological polar surface area (TPSA) is 80.4 Å². The molecule has 1 aliphatic heterocycles. The van der Waals surface area contributed by atoms with Gasteiger partial charge in [0.15, 0.2) is 0 Å². The van der Waals surface area contributed by atoms with Gasteiger partial charge in [-0.2, -0.15) is 0 Å². The van der Waals surface area contributed by atoms with E-state index in [0.717, 1.165) is 19.4 Å². The molecule has 1 fully saturated rings. The molecule has 0 unspecified atom stereocenters. The maximum atomic E-state index is 12.3. The number of aryl methyl sites for hydroxylation is 1. The highest BCUT2D eigenvalue weighted by molar-refractivity contribution is 6.01. The third-order valence-corrected chi connectivity index (χ3v) is 3.66. The van der Waals surface area contributed by atoms with Gasteiger partial charge in [-0.3, -0.25) is 4.79 Å². The number of rotatable bonds is 5. The Morgan fingerprint density at radius 3 is 2.81 bits per heavy atom. The summed E-state index contributed by atoms with van der Waals surface area (Å²) in [6.07, 6.45) is 2.10. The van der Waals surface area contributed by atoms with Gasteiger partial charge in [-0.1, -0.05) is 0 Å². The van der Waals surface area contributed by atoms with Gasteiger partial charge in [-0.25, -0.2) is 4.79 Å². The lowest BCUT2D eigenvalue weighted by Gasteiger charge is -2.11. The molecule has 1 amide bonds. The SMILES string of the molecule is CCOC(=O)c1[nH]c(C)c(C(=O)NC[C@@H]2CCCO2)c1C. The van der Waals surface area contributed by atoms with Gasteiger partial charge in [0.05, 0.1) is 18.3 Å². The smallest absolute Gasteiger partial charge is 0.355 e. The van der Waals surface area contributed by atoms with Crippen LogP contribution in [0, 0.1) is 13.8 Å². The number of H-pyrrole nitrogens is 1. The Balaban J connectivity index is 2.07. The maximum Gasteiger partial charge on any atom is 0.355 e. The van der Waals surface area contributed by atoms with E-state index in [2.05, 4.69) is 10.3 Å². The van der Waals surface area contributed by atoms with E-state index < -0.39 is 5.97 Å². The summed E-state index contributed by atoms with van der Waals surface area (Å²) < 4.78 is 10.5. The number of nitrogens with one attached hydrogen (secondary N) is 2. The molecule has 2 rings (SSSR count). The van der Waals surface area contributed by atoms with Crippen LogP contribution in [0.25, 0.3) is 0 Å². The summed E-state index contributed by atoms with van der Waals surface area (Å²) in [6.45, 7) is 6.83. The zero-order valence-corrected chi connectivity index (χ0v) is 12.7. The van der Waals surface area contributed by atoms with Crippen LogP contribution in [0.15, 0.2) is 0 Å². The summed E-state index contributed by atoms with van der Waals surface area (Å²) in [5.74, 6) is -0.622. The van der Waals surface area contributed by atoms with Crippen LogP contribution in [0.2, 0.25) is 0 Å². The Labute approximate surface area is 124 Å². The normalized spacial score (nSPS) is 17.8. The molecule has 1 saturated heterocycles. The zero-order chi connectivity index (χ0) is 15.4. The van der Waals surface area contributed by atoms with E-state index in [9.17, 15) is 9.59 Å². The molecule has 0 bridgehead atoms. The molecule has 6 nitrogen and oxygen atoms in total. The lowest BCUT2D eigenvalue weighted by Crippen LogP contribution is -2.32. The first-order valence-electron chi connectivity index (χ1n) is 7.30. The molecule has 2 N–H and O–H groups in total. The molecule has 1 aromatic heterocycles. The van der Waals surface area contributed by atoms with Crippen LogP contribution in [0.5, 0.6) is 0 Å². The second-order valence-corrected chi connectivity index (χ2v) is 5.19. The minimum absolute atomic E-state index is 0.0954. The first-order valence-corrected chi connectivity index (χ1v) is 7.30. The molecular weight excluding hydrogens is 272 g/mol. The molecule has 21 heavy (non-hydrogen) atoms. The molecular formula is C15H22N2O4. The molecule has 6 heteroatoms. The average Bonchev–Trinajstić information content (AvgIpc) is 3.05. The molecule has 0 saturated carbocycles. The number of amides is 1. The molecule has 1 aliphatic rings. The van der Waals surface area contributed by atoms with Gasteiger partial charge in [0.1, 0.15) is 5.69 Å². The van der Waals surface area contributed by atoms with Gasteiger partial charge >= 0.3 is 5.97 Å². The van der Waals surface area contributed by atoms with Crippen LogP contribution in [0.3, 0.4) is 0 Å². The van der Waals surface area contributed by atoms with Gasteiger partial charge in [-0.15, -0.1) is 0 Å². The van der Waals surface area contributed by atoms with Crippen LogP contribution >= 0.6 is 0 Å². The van der Waals surface area contributed by atoms with Crippen LogP contribution in [0.4, 0.5) is 0 Å². The van der Waals surface area contributed by atoms with Crippen LogP contribution < -0.4 is 5.32 Å². The minimum atomic E-state index is -0.434. The fourth-order valence-electron chi connectivity index (χ4n) is 2.60. The van der Waals surface area contributed by atoms with Crippen molar-refractivity contribution in [3.8, 4) is 0 Å². The monoisotopic (exact) mass is 294 g/mol. The fourth-order valence-corrected chi connectivity index (χ4v) is 2.60. The van der Waals surface area contributed by atoms with Crippen molar-refractivity contribution in [2.75, 3.05) is 19.8 Å². The van der Waals surface area contributed by atoms with Crippen LogP contribution in [-0.4, -0.2) is 42.7 Å². The van der Waals surface area contributed by atoms with Crippen molar-refractivity contribution >= 4 is 11.9 Å². The molecule has 0 aromatic carbocycles. The summed E-state index contributed by atoms with van der Waals surface area (Å²) >= 11 is 0. The first kappa shape index (κ1) is 15.6. The largest absolute Gasteiger partial charge is 0.461 e. The number of hydrogen-bond donors (Lipinski definition) is 2. The molecule has 0 spiro atoms. The third kappa shape index (κ3) is 3.44. The number of aromatic amines is 1. The van der Waals surface area contributed by atoms with E-state index in [0.29, 0.717) is 35.7 Å². The van der Waals surface area contributed by atoms with Gasteiger partial charge in [0.25, 0.3) is 5.91 Å². The van der Waals surface area contributed by atoms with Crippen molar-refractivity contribution < 1.29 is 19.1 Å². The molecule has 2 heterocycles.